The van der Waals surface area contributed by atoms with E-state index < -0.39 is 0 Å². The van der Waals surface area contributed by atoms with Crippen molar-refractivity contribution in [3.8, 4) is 0 Å². The summed E-state index contributed by atoms with van der Waals surface area (Å²) in [5.41, 5.74) is 0. The van der Waals surface area contributed by atoms with Gasteiger partial charge in [0.1, 0.15) is 0 Å². The van der Waals surface area contributed by atoms with E-state index in [2.05, 4.69) is 6.92 Å². The van der Waals surface area contributed by atoms with Gasteiger partial charge >= 0.3 is 0 Å². The van der Waals surface area contributed by atoms with Crippen molar-refractivity contribution in [2.24, 2.45) is 0 Å². The molecule has 0 fully saturated rings. The lowest BCUT2D eigenvalue weighted by Gasteiger charge is -1.90. The van der Waals surface area contributed by atoms with Crippen molar-refractivity contribution in [3.05, 3.63) is 18.8 Å². The SMILES string of the molecule is [CH2]C=C(F)CCCC. The summed E-state index contributed by atoms with van der Waals surface area (Å²) in [4.78, 5) is 0. The number of hydrogen-bond donors (Lipinski definition) is 0. The van der Waals surface area contributed by atoms with Gasteiger partial charge in [0.25, 0.3) is 0 Å². The fraction of sp³-hybridized carbons (Fsp3) is 0.571. The van der Waals surface area contributed by atoms with Crippen molar-refractivity contribution in [2.45, 2.75) is 26.2 Å². The zero-order valence-electron chi connectivity index (χ0n) is 5.28. The second kappa shape index (κ2) is 4.82. The Kier molecular flexibility index (Phi) is 4.62. The van der Waals surface area contributed by atoms with E-state index in [0.29, 0.717) is 6.42 Å². The molecule has 0 saturated heterocycles. The van der Waals surface area contributed by atoms with E-state index in [1.807, 2.05) is 6.92 Å². The maximum absolute atomic E-state index is 12.1. The summed E-state index contributed by atoms with van der Waals surface area (Å²) in [6, 6.07) is 0. The standard InChI is InChI=1S/C7H12F/c1-3-5-6-7(8)4-2/h4H,2-3,5-6H2,1H3. The number of halogens is 1. The molecule has 0 N–H and O–H groups in total. The molecule has 47 valence electrons. The fourth-order valence-electron chi connectivity index (χ4n) is 0.448. The van der Waals surface area contributed by atoms with E-state index in [4.69, 9.17) is 0 Å². The first-order chi connectivity index (χ1) is 3.81. The molecule has 0 rings (SSSR count). The molecule has 0 spiro atoms. The minimum absolute atomic E-state index is 0.0909. The van der Waals surface area contributed by atoms with Crippen LogP contribution in [0.5, 0.6) is 0 Å². The lowest BCUT2D eigenvalue weighted by atomic mass is 10.2. The number of hydrogen-bond acceptors (Lipinski definition) is 0. The second-order valence-corrected chi connectivity index (χ2v) is 1.75. The molecule has 1 radical (unpaired) electrons. The van der Waals surface area contributed by atoms with Crippen molar-refractivity contribution >= 4 is 0 Å². The predicted molar refractivity (Wildman–Crippen MR) is 34.1 cm³/mol. The van der Waals surface area contributed by atoms with Crippen molar-refractivity contribution in [3.63, 3.8) is 0 Å². The van der Waals surface area contributed by atoms with Crippen LogP contribution in [-0.4, -0.2) is 0 Å². The van der Waals surface area contributed by atoms with E-state index in [-0.39, 0.29) is 5.83 Å². The van der Waals surface area contributed by atoms with Crippen LogP contribution in [0.2, 0.25) is 0 Å². The summed E-state index contributed by atoms with van der Waals surface area (Å²) in [7, 11) is 0. The van der Waals surface area contributed by atoms with E-state index in [1.165, 1.54) is 6.08 Å². The molecule has 0 aliphatic rings. The van der Waals surface area contributed by atoms with Gasteiger partial charge in [0.15, 0.2) is 0 Å². The van der Waals surface area contributed by atoms with Gasteiger partial charge in [0, 0.05) is 0 Å². The van der Waals surface area contributed by atoms with Gasteiger partial charge in [-0.05, 0) is 19.8 Å². The van der Waals surface area contributed by atoms with Crippen LogP contribution in [0.4, 0.5) is 4.39 Å². The molecule has 0 aromatic rings. The quantitative estimate of drug-likeness (QED) is 0.530. The molecule has 0 aromatic heterocycles. The van der Waals surface area contributed by atoms with Crippen LogP contribution < -0.4 is 0 Å². The largest absolute Gasteiger partial charge is 0.212 e. The van der Waals surface area contributed by atoms with Crippen molar-refractivity contribution in [2.75, 3.05) is 0 Å². The summed E-state index contributed by atoms with van der Waals surface area (Å²) >= 11 is 0. The lowest BCUT2D eigenvalue weighted by Crippen LogP contribution is -1.72. The highest BCUT2D eigenvalue weighted by Gasteiger charge is 1.88. The Morgan fingerprint density at radius 3 is 2.75 bits per heavy atom. The Balaban J connectivity index is 3.12. The maximum atomic E-state index is 12.1. The zero-order valence-corrected chi connectivity index (χ0v) is 5.28. The molecule has 0 aliphatic carbocycles. The summed E-state index contributed by atoms with van der Waals surface area (Å²) in [5.74, 6) is -0.0909. The van der Waals surface area contributed by atoms with E-state index >= 15 is 0 Å². The first-order valence-corrected chi connectivity index (χ1v) is 2.95. The summed E-state index contributed by atoms with van der Waals surface area (Å²) in [6.07, 6.45) is 3.80. The Morgan fingerprint density at radius 2 is 2.38 bits per heavy atom. The van der Waals surface area contributed by atoms with Crippen molar-refractivity contribution < 1.29 is 4.39 Å². The van der Waals surface area contributed by atoms with Crippen molar-refractivity contribution in [1.29, 1.82) is 0 Å². The smallest absolute Gasteiger partial charge is 0.0959 e. The van der Waals surface area contributed by atoms with Gasteiger partial charge in [-0.3, -0.25) is 0 Å². The van der Waals surface area contributed by atoms with Gasteiger partial charge in [-0.25, -0.2) is 4.39 Å². The third-order valence-electron chi connectivity index (χ3n) is 0.991. The molecule has 8 heavy (non-hydrogen) atoms. The van der Waals surface area contributed by atoms with Crippen LogP contribution in [0.3, 0.4) is 0 Å². The normalized spacial score (nSPS) is 12.1. The zero-order chi connectivity index (χ0) is 6.41. The first kappa shape index (κ1) is 7.67. The highest BCUT2D eigenvalue weighted by Crippen LogP contribution is 2.06. The molecular weight excluding hydrogens is 103 g/mol. The monoisotopic (exact) mass is 115 g/mol. The van der Waals surface area contributed by atoms with E-state index in [9.17, 15) is 4.39 Å². The average molecular weight is 115 g/mol. The minimum Gasteiger partial charge on any atom is -0.212 e. The third-order valence-corrected chi connectivity index (χ3v) is 0.991. The Morgan fingerprint density at radius 1 is 1.75 bits per heavy atom. The Hall–Kier alpha value is -0.330. The maximum Gasteiger partial charge on any atom is 0.0959 e. The first-order valence-electron chi connectivity index (χ1n) is 2.95. The molecule has 0 aliphatic heterocycles. The van der Waals surface area contributed by atoms with Crippen LogP contribution in [0.1, 0.15) is 26.2 Å². The van der Waals surface area contributed by atoms with E-state index in [0.717, 1.165) is 12.8 Å². The summed E-state index contributed by atoms with van der Waals surface area (Å²) < 4.78 is 12.1. The molecule has 0 heterocycles. The molecule has 0 amide bonds. The van der Waals surface area contributed by atoms with Crippen molar-refractivity contribution in [1.82, 2.24) is 0 Å². The van der Waals surface area contributed by atoms with Crippen LogP contribution in [0.25, 0.3) is 0 Å². The van der Waals surface area contributed by atoms with Gasteiger partial charge in [-0.2, -0.15) is 0 Å². The molecule has 0 aromatic carbocycles. The topological polar surface area (TPSA) is 0 Å². The van der Waals surface area contributed by atoms with E-state index in [1.54, 1.807) is 0 Å². The summed E-state index contributed by atoms with van der Waals surface area (Å²) in [5, 5.41) is 0. The van der Waals surface area contributed by atoms with Gasteiger partial charge in [-0.15, -0.1) is 0 Å². The average Bonchev–Trinajstić information content (AvgIpc) is 1.83. The molecule has 0 unspecified atom stereocenters. The predicted octanol–water partition coefficient (Wildman–Crippen LogP) is 2.86. The van der Waals surface area contributed by atoms with Gasteiger partial charge in [-0.1, -0.05) is 19.4 Å². The van der Waals surface area contributed by atoms with Crippen LogP contribution in [0, 0.1) is 6.92 Å². The van der Waals surface area contributed by atoms with Crippen LogP contribution >= 0.6 is 0 Å². The molecule has 0 atom stereocenters. The number of unbranched alkanes of at least 4 members (excludes halogenated alkanes) is 1. The van der Waals surface area contributed by atoms with Crippen LogP contribution in [-0.2, 0) is 0 Å². The summed E-state index contributed by atoms with van der Waals surface area (Å²) in [6.45, 7) is 5.34. The van der Waals surface area contributed by atoms with Crippen LogP contribution in [0.15, 0.2) is 11.9 Å². The third kappa shape index (κ3) is 3.85. The highest BCUT2D eigenvalue weighted by molar-refractivity contribution is 4.92. The fourth-order valence-corrected chi connectivity index (χ4v) is 0.448. The highest BCUT2D eigenvalue weighted by atomic mass is 19.1. The molecule has 1 heteroatoms. The molecule has 0 bridgehead atoms. The van der Waals surface area contributed by atoms with Gasteiger partial charge in [0.05, 0.1) is 5.83 Å². The van der Waals surface area contributed by atoms with Gasteiger partial charge < -0.3 is 0 Å². The lowest BCUT2D eigenvalue weighted by molar-refractivity contribution is 0.570. The Labute approximate surface area is 50.4 Å². The molecular formula is C7H12F. The minimum atomic E-state index is -0.0909. The Bertz CT molecular complexity index is 74.5. The second-order valence-electron chi connectivity index (χ2n) is 1.75. The molecule has 0 nitrogen and oxygen atoms in total. The number of rotatable bonds is 3. The molecule has 0 saturated carbocycles. The number of allylic oxidation sites excluding steroid dienone is 2. The van der Waals surface area contributed by atoms with Gasteiger partial charge in [0.2, 0.25) is 0 Å².